The number of nitrogens with zero attached hydrogens (tertiary/aromatic N) is 3. The Labute approximate surface area is 110 Å². The molecule has 94 valence electrons. The van der Waals surface area contributed by atoms with Crippen molar-refractivity contribution in [2.75, 3.05) is 6.54 Å². The van der Waals surface area contributed by atoms with Crippen molar-refractivity contribution in [3.63, 3.8) is 0 Å². The summed E-state index contributed by atoms with van der Waals surface area (Å²) in [6.07, 6.45) is 4.73. The number of pyridine rings is 1. The second-order valence-corrected chi connectivity index (χ2v) is 4.81. The Kier molecular flexibility index (Phi) is 3.25. The molecule has 18 heavy (non-hydrogen) atoms. The van der Waals surface area contributed by atoms with Crippen LogP contribution in [0.4, 0.5) is 0 Å². The molecule has 1 aliphatic heterocycles. The smallest absolute Gasteiger partial charge is 0.228 e. The SMILES string of the molecule is Clc1ccc(-c2noc(CC3CCCN3)n2)nc1. The quantitative estimate of drug-likeness (QED) is 0.920. The lowest BCUT2D eigenvalue weighted by atomic mass is 10.1. The number of hydrogen-bond donors (Lipinski definition) is 1. The van der Waals surface area contributed by atoms with Gasteiger partial charge in [0.1, 0.15) is 5.69 Å². The van der Waals surface area contributed by atoms with E-state index in [4.69, 9.17) is 16.1 Å². The molecule has 1 aliphatic rings. The lowest BCUT2D eigenvalue weighted by Crippen LogP contribution is -2.23. The van der Waals surface area contributed by atoms with Gasteiger partial charge in [0.05, 0.1) is 5.02 Å². The van der Waals surface area contributed by atoms with Crippen LogP contribution in [-0.4, -0.2) is 27.7 Å². The third-order valence-corrected chi connectivity index (χ3v) is 3.23. The number of hydrogen-bond acceptors (Lipinski definition) is 5. The Bertz CT molecular complexity index is 519. The first-order chi connectivity index (χ1) is 8.81. The molecule has 6 heteroatoms. The minimum atomic E-state index is 0.455. The van der Waals surface area contributed by atoms with Crippen LogP contribution >= 0.6 is 11.6 Å². The molecule has 0 saturated carbocycles. The van der Waals surface area contributed by atoms with Gasteiger partial charge < -0.3 is 9.84 Å². The molecule has 0 spiro atoms. The second-order valence-electron chi connectivity index (χ2n) is 4.37. The second kappa shape index (κ2) is 5.04. The van der Waals surface area contributed by atoms with Crippen molar-refractivity contribution in [3.8, 4) is 11.5 Å². The molecule has 3 heterocycles. The fourth-order valence-corrected chi connectivity index (χ4v) is 2.20. The highest BCUT2D eigenvalue weighted by Gasteiger charge is 2.18. The lowest BCUT2D eigenvalue weighted by Gasteiger charge is -2.04. The molecule has 2 aromatic rings. The Morgan fingerprint density at radius 2 is 2.39 bits per heavy atom. The van der Waals surface area contributed by atoms with Crippen molar-refractivity contribution >= 4 is 11.6 Å². The number of nitrogens with one attached hydrogen (secondary N) is 1. The summed E-state index contributed by atoms with van der Waals surface area (Å²) in [5.74, 6) is 1.17. The van der Waals surface area contributed by atoms with Crippen molar-refractivity contribution in [2.24, 2.45) is 0 Å². The van der Waals surface area contributed by atoms with Crippen molar-refractivity contribution in [2.45, 2.75) is 25.3 Å². The topological polar surface area (TPSA) is 63.8 Å². The molecule has 1 fully saturated rings. The molecule has 1 saturated heterocycles. The van der Waals surface area contributed by atoms with Crippen LogP contribution in [0.3, 0.4) is 0 Å². The fraction of sp³-hybridized carbons (Fsp3) is 0.417. The van der Waals surface area contributed by atoms with Crippen LogP contribution in [0.15, 0.2) is 22.9 Å². The van der Waals surface area contributed by atoms with E-state index in [1.165, 1.54) is 6.42 Å². The minimum absolute atomic E-state index is 0.455. The zero-order chi connectivity index (χ0) is 12.4. The molecule has 2 aromatic heterocycles. The van der Waals surface area contributed by atoms with Gasteiger partial charge in [-0.25, -0.2) is 0 Å². The van der Waals surface area contributed by atoms with Gasteiger partial charge in [-0.3, -0.25) is 4.98 Å². The highest BCUT2D eigenvalue weighted by atomic mass is 35.5. The number of aromatic nitrogens is 3. The van der Waals surface area contributed by atoms with Gasteiger partial charge in [-0.15, -0.1) is 0 Å². The Morgan fingerprint density at radius 3 is 3.11 bits per heavy atom. The van der Waals surface area contributed by atoms with E-state index in [0.717, 1.165) is 19.4 Å². The molecule has 5 nitrogen and oxygen atoms in total. The van der Waals surface area contributed by atoms with E-state index in [-0.39, 0.29) is 0 Å². The Hall–Kier alpha value is -1.46. The van der Waals surface area contributed by atoms with Crippen LogP contribution in [0.1, 0.15) is 18.7 Å². The van der Waals surface area contributed by atoms with E-state index >= 15 is 0 Å². The molecular weight excluding hydrogens is 252 g/mol. The van der Waals surface area contributed by atoms with Crippen molar-refractivity contribution in [1.82, 2.24) is 20.4 Å². The van der Waals surface area contributed by atoms with E-state index in [1.807, 2.05) is 0 Å². The summed E-state index contributed by atoms with van der Waals surface area (Å²) >= 11 is 5.78. The first-order valence-corrected chi connectivity index (χ1v) is 6.37. The van der Waals surface area contributed by atoms with Crippen molar-refractivity contribution in [1.29, 1.82) is 0 Å². The Morgan fingerprint density at radius 1 is 1.44 bits per heavy atom. The highest BCUT2D eigenvalue weighted by molar-refractivity contribution is 6.30. The molecule has 3 rings (SSSR count). The van der Waals surface area contributed by atoms with Gasteiger partial charge in [0.15, 0.2) is 0 Å². The standard InChI is InChI=1S/C12H13ClN4O/c13-8-3-4-10(15-7-8)12-16-11(18-17-12)6-9-2-1-5-14-9/h3-4,7,9,14H,1-2,5-6H2. The maximum Gasteiger partial charge on any atom is 0.228 e. The maximum atomic E-state index is 5.78. The van der Waals surface area contributed by atoms with E-state index < -0.39 is 0 Å². The van der Waals surface area contributed by atoms with Gasteiger partial charge in [0, 0.05) is 18.7 Å². The fourth-order valence-electron chi connectivity index (χ4n) is 2.09. The largest absolute Gasteiger partial charge is 0.339 e. The van der Waals surface area contributed by atoms with Crippen LogP contribution in [0.25, 0.3) is 11.5 Å². The molecule has 0 aromatic carbocycles. The van der Waals surface area contributed by atoms with Crippen LogP contribution < -0.4 is 5.32 Å². The molecule has 1 atom stereocenters. The van der Waals surface area contributed by atoms with E-state index in [1.54, 1.807) is 18.3 Å². The third kappa shape index (κ3) is 2.52. The predicted octanol–water partition coefficient (Wildman–Crippen LogP) is 2.08. The predicted molar refractivity (Wildman–Crippen MR) is 67.3 cm³/mol. The molecule has 0 amide bonds. The number of halogens is 1. The van der Waals surface area contributed by atoms with E-state index in [0.29, 0.717) is 28.5 Å². The summed E-state index contributed by atoms with van der Waals surface area (Å²) in [4.78, 5) is 8.51. The normalized spacial score (nSPS) is 19.3. The average Bonchev–Trinajstić information content (AvgIpc) is 3.02. The van der Waals surface area contributed by atoms with Crippen LogP contribution in [0.5, 0.6) is 0 Å². The van der Waals surface area contributed by atoms with Crippen LogP contribution in [-0.2, 0) is 6.42 Å². The molecule has 1 N–H and O–H groups in total. The van der Waals surface area contributed by atoms with Gasteiger partial charge >= 0.3 is 0 Å². The van der Waals surface area contributed by atoms with Crippen molar-refractivity contribution < 1.29 is 4.52 Å². The van der Waals surface area contributed by atoms with Gasteiger partial charge in [-0.1, -0.05) is 16.8 Å². The maximum absolute atomic E-state index is 5.78. The molecular formula is C12H13ClN4O. The van der Waals surface area contributed by atoms with Gasteiger partial charge in [-0.05, 0) is 31.5 Å². The first kappa shape index (κ1) is 11.6. The van der Waals surface area contributed by atoms with Crippen LogP contribution in [0.2, 0.25) is 5.02 Å². The lowest BCUT2D eigenvalue weighted by molar-refractivity contribution is 0.364. The van der Waals surface area contributed by atoms with E-state index in [2.05, 4.69) is 20.4 Å². The van der Waals surface area contributed by atoms with E-state index in [9.17, 15) is 0 Å². The summed E-state index contributed by atoms with van der Waals surface area (Å²) in [7, 11) is 0. The Balaban J connectivity index is 1.74. The highest BCUT2D eigenvalue weighted by Crippen LogP contribution is 2.17. The van der Waals surface area contributed by atoms with Gasteiger partial charge in [0.2, 0.25) is 11.7 Å². The van der Waals surface area contributed by atoms with Gasteiger partial charge in [0.25, 0.3) is 0 Å². The molecule has 0 bridgehead atoms. The summed E-state index contributed by atoms with van der Waals surface area (Å²) < 4.78 is 5.24. The summed E-state index contributed by atoms with van der Waals surface area (Å²) in [6, 6.07) is 4.00. The minimum Gasteiger partial charge on any atom is -0.339 e. The summed E-state index contributed by atoms with van der Waals surface area (Å²) in [5, 5.41) is 7.93. The zero-order valence-electron chi connectivity index (χ0n) is 9.77. The first-order valence-electron chi connectivity index (χ1n) is 5.99. The summed E-state index contributed by atoms with van der Waals surface area (Å²) in [5.41, 5.74) is 0.675. The monoisotopic (exact) mass is 264 g/mol. The summed E-state index contributed by atoms with van der Waals surface area (Å²) in [6.45, 7) is 1.07. The van der Waals surface area contributed by atoms with Crippen LogP contribution in [0, 0.1) is 0 Å². The molecule has 0 aliphatic carbocycles. The zero-order valence-corrected chi connectivity index (χ0v) is 10.5. The molecule has 1 unspecified atom stereocenters. The van der Waals surface area contributed by atoms with Gasteiger partial charge in [-0.2, -0.15) is 4.98 Å². The molecule has 0 radical (unpaired) electrons. The average molecular weight is 265 g/mol. The van der Waals surface area contributed by atoms with Crippen molar-refractivity contribution in [3.05, 3.63) is 29.2 Å². The number of rotatable bonds is 3. The third-order valence-electron chi connectivity index (χ3n) is 3.01.